The molecule has 0 saturated heterocycles. The van der Waals surface area contributed by atoms with Gasteiger partial charge in [0.2, 0.25) is 5.91 Å². The van der Waals surface area contributed by atoms with E-state index in [9.17, 15) is 4.79 Å². The van der Waals surface area contributed by atoms with Gasteiger partial charge in [0.1, 0.15) is 0 Å². The average molecular weight is 212 g/mol. The van der Waals surface area contributed by atoms with Crippen molar-refractivity contribution in [3.05, 3.63) is 22.4 Å². The Morgan fingerprint density at radius 3 is 3.00 bits per heavy atom. The molecule has 1 rings (SSSR count). The summed E-state index contributed by atoms with van der Waals surface area (Å²) in [6.45, 7) is 5.05. The van der Waals surface area contributed by atoms with Crippen molar-refractivity contribution in [1.82, 2.24) is 10.6 Å². The summed E-state index contributed by atoms with van der Waals surface area (Å²) in [6, 6.07) is 4.34. The van der Waals surface area contributed by atoms with Crippen molar-refractivity contribution in [2.45, 2.75) is 19.9 Å². The fraction of sp³-hybridized carbons (Fsp3) is 0.500. The van der Waals surface area contributed by atoms with Gasteiger partial charge < -0.3 is 10.6 Å². The minimum absolute atomic E-state index is 0.0518. The van der Waals surface area contributed by atoms with Crippen LogP contribution in [0.1, 0.15) is 24.8 Å². The lowest BCUT2D eigenvalue weighted by Crippen LogP contribution is -2.34. The fourth-order valence-electron chi connectivity index (χ4n) is 1.14. The van der Waals surface area contributed by atoms with Crippen LogP contribution in [-0.2, 0) is 4.79 Å². The molecule has 4 heteroatoms. The van der Waals surface area contributed by atoms with Gasteiger partial charge in [-0.1, -0.05) is 6.07 Å². The molecular formula is C10H16N2OS. The Morgan fingerprint density at radius 1 is 1.64 bits per heavy atom. The minimum atomic E-state index is 0.0518. The van der Waals surface area contributed by atoms with Gasteiger partial charge >= 0.3 is 0 Å². The third-order valence-electron chi connectivity index (χ3n) is 1.91. The maximum absolute atomic E-state index is 11.1. The predicted molar refractivity (Wildman–Crippen MR) is 59.4 cm³/mol. The van der Waals surface area contributed by atoms with E-state index >= 15 is 0 Å². The highest BCUT2D eigenvalue weighted by atomic mass is 32.1. The Kier molecular flexibility index (Phi) is 4.62. The summed E-state index contributed by atoms with van der Waals surface area (Å²) in [6.07, 6.45) is 0. The highest BCUT2D eigenvalue weighted by Crippen LogP contribution is 2.17. The van der Waals surface area contributed by atoms with Crippen LogP contribution in [0.2, 0.25) is 0 Å². The zero-order chi connectivity index (χ0) is 10.4. The van der Waals surface area contributed by atoms with Crippen molar-refractivity contribution in [2.75, 3.05) is 13.1 Å². The first-order valence-corrected chi connectivity index (χ1v) is 5.65. The van der Waals surface area contributed by atoms with Crippen molar-refractivity contribution in [2.24, 2.45) is 0 Å². The van der Waals surface area contributed by atoms with Gasteiger partial charge in [0.05, 0.1) is 6.54 Å². The lowest BCUT2D eigenvalue weighted by Gasteiger charge is -2.11. The summed E-state index contributed by atoms with van der Waals surface area (Å²) in [5.41, 5.74) is 0. The minimum Gasteiger partial charge on any atom is -0.355 e. The third kappa shape index (κ3) is 3.47. The van der Waals surface area contributed by atoms with Gasteiger partial charge in [-0.2, -0.15) is 0 Å². The van der Waals surface area contributed by atoms with E-state index in [4.69, 9.17) is 0 Å². The highest BCUT2D eigenvalue weighted by Gasteiger charge is 2.07. The van der Waals surface area contributed by atoms with Gasteiger partial charge in [-0.15, -0.1) is 11.3 Å². The van der Waals surface area contributed by atoms with E-state index in [0.717, 1.165) is 0 Å². The Hall–Kier alpha value is -0.870. The molecule has 1 amide bonds. The van der Waals surface area contributed by atoms with Gasteiger partial charge in [0.15, 0.2) is 0 Å². The van der Waals surface area contributed by atoms with E-state index < -0.39 is 0 Å². The molecule has 0 radical (unpaired) electrons. The molecule has 1 aromatic rings. The van der Waals surface area contributed by atoms with Crippen LogP contribution in [-0.4, -0.2) is 19.0 Å². The van der Waals surface area contributed by atoms with E-state index in [2.05, 4.69) is 23.6 Å². The van der Waals surface area contributed by atoms with Crippen molar-refractivity contribution >= 4 is 17.2 Å². The van der Waals surface area contributed by atoms with Gasteiger partial charge in [0, 0.05) is 17.5 Å². The van der Waals surface area contributed by atoms with Crippen molar-refractivity contribution < 1.29 is 4.79 Å². The van der Waals surface area contributed by atoms with E-state index in [1.165, 1.54) is 4.88 Å². The molecule has 2 N–H and O–H groups in total. The number of carbonyl (C=O) groups excluding carboxylic acids is 1. The summed E-state index contributed by atoms with van der Waals surface area (Å²) in [7, 11) is 0. The summed E-state index contributed by atoms with van der Waals surface area (Å²) in [4.78, 5) is 12.4. The summed E-state index contributed by atoms with van der Waals surface area (Å²) in [5, 5.41) is 7.96. The SMILES string of the molecule is CCNC(=O)CNC(C)c1cccs1. The molecule has 0 saturated carbocycles. The molecular weight excluding hydrogens is 196 g/mol. The summed E-state index contributed by atoms with van der Waals surface area (Å²) < 4.78 is 0. The molecule has 14 heavy (non-hydrogen) atoms. The normalized spacial score (nSPS) is 12.4. The molecule has 0 aliphatic heterocycles. The molecule has 1 unspecified atom stereocenters. The molecule has 0 spiro atoms. The van der Waals surface area contributed by atoms with Gasteiger partial charge in [-0.05, 0) is 25.3 Å². The Bertz CT molecular complexity index is 272. The molecule has 3 nitrogen and oxygen atoms in total. The van der Waals surface area contributed by atoms with Crippen LogP contribution in [0.25, 0.3) is 0 Å². The number of nitrogens with one attached hydrogen (secondary N) is 2. The standard InChI is InChI=1S/C10H16N2OS/c1-3-11-10(13)7-12-8(2)9-5-4-6-14-9/h4-6,8,12H,3,7H2,1-2H3,(H,11,13). The van der Waals surface area contributed by atoms with Crippen LogP contribution in [0.4, 0.5) is 0 Å². The number of hydrogen-bond acceptors (Lipinski definition) is 3. The van der Waals surface area contributed by atoms with Crippen LogP contribution in [0, 0.1) is 0 Å². The largest absolute Gasteiger partial charge is 0.355 e. The van der Waals surface area contributed by atoms with Crippen molar-refractivity contribution in [3.63, 3.8) is 0 Å². The molecule has 1 aromatic heterocycles. The van der Waals surface area contributed by atoms with E-state index in [1.54, 1.807) is 11.3 Å². The van der Waals surface area contributed by atoms with Crippen LogP contribution in [0.5, 0.6) is 0 Å². The van der Waals surface area contributed by atoms with Gasteiger partial charge in [-0.3, -0.25) is 4.79 Å². The molecule has 1 heterocycles. The monoisotopic (exact) mass is 212 g/mol. The summed E-state index contributed by atoms with van der Waals surface area (Å²) >= 11 is 1.70. The maximum atomic E-state index is 11.1. The smallest absolute Gasteiger partial charge is 0.233 e. The van der Waals surface area contributed by atoms with Crippen LogP contribution in [0.15, 0.2) is 17.5 Å². The average Bonchev–Trinajstić information content (AvgIpc) is 2.67. The van der Waals surface area contributed by atoms with Crippen LogP contribution >= 0.6 is 11.3 Å². The first kappa shape index (κ1) is 11.2. The predicted octanol–water partition coefficient (Wildman–Crippen LogP) is 1.53. The molecule has 78 valence electrons. The lowest BCUT2D eigenvalue weighted by molar-refractivity contribution is -0.120. The molecule has 1 atom stereocenters. The number of rotatable bonds is 5. The van der Waals surface area contributed by atoms with E-state index in [-0.39, 0.29) is 11.9 Å². The Morgan fingerprint density at radius 2 is 2.43 bits per heavy atom. The van der Waals surface area contributed by atoms with E-state index in [0.29, 0.717) is 13.1 Å². The lowest BCUT2D eigenvalue weighted by atomic mass is 10.3. The molecule has 0 aliphatic rings. The molecule has 0 aromatic carbocycles. The van der Waals surface area contributed by atoms with Gasteiger partial charge in [-0.25, -0.2) is 0 Å². The highest BCUT2D eigenvalue weighted by molar-refractivity contribution is 7.10. The second-order valence-corrected chi connectivity index (χ2v) is 4.05. The Balaban J connectivity index is 2.28. The number of likely N-dealkylation sites (N-methyl/N-ethyl adjacent to an activating group) is 1. The maximum Gasteiger partial charge on any atom is 0.233 e. The first-order chi connectivity index (χ1) is 6.74. The number of amides is 1. The topological polar surface area (TPSA) is 41.1 Å². The first-order valence-electron chi connectivity index (χ1n) is 4.77. The zero-order valence-corrected chi connectivity index (χ0v) is 9.36. The van der Waals surface area contributed by atoms with Crippen LogP contribution in [0.3, 0.4) is 0 Å². The van der Waals surface area contributed by atoms with E-state index in [1.807, 2.05) is 18.4 Å². The number of hydrogen-bond donors (Lipinski definition) is 2. The Labute approximate surface area is 88.5 Å². The fourth-order valence-corrected chi connectivity index (χ4v) is 1.90. The number of carbonyl (C=O) groups is 1. The zero-order valence-electron chi connectivity index (χ0n) is 8.54. The third-order valence-corrected chi connectivity index (χ3v) is 2.97. The number of thiophene rings is 1. The van der Waals surface area contributed by atoms with Crippen LogP contribution < -0.4 is 10.6 Å². The second-order valence-electron chi connectivity index (χ2n) is 3.07. The van der Waals surface area contributed by atoms with Crippen molar-refractivity contribution in [1.29, 1.82) is 0 Å². The molecule has 0 bridgehead atoms. The molecule has 0 aliphatic carbocycles. The summed E-state index contributed by atoms with van der Waals surface area (Å²) in [5.74, 6) is 0.0518. The quantitative estimate of drug-likeness (QED) is 0.777. The van der Waals surface area contributed by atoms with Gasteiger partial charge in [0.25, 0.3) is 0 Å². The van der Waals surface area contributed by atoms with Crippen molar-refractivity contribution in [3.8, 4) is 0 Å². The second kappa shape index (κ2) is 5.78. The molecule has 0 fully saturated rings.